The summed E-state index contributed by atoms with van der Waals surface area (Å²) in [6, 6.07) is 1.90. The zero-order valence-corrected chi connectivity index (χ0v) is 12.2. The molecule has 0 aliphatic carbocycles. The van der Waals surface area contributed by atoms with Gasteiger partial charge in [-0.3, -0.25) is 0 Å². The van der Waals surface area contributed by atoms with Crippen molar-refractivity contribution in [1.29, 1.82) is 0 Å². The first-order chi connectivity index (χ1) is 8.71. The highest BCUT2D eigenvalue weighted by molar-refractivity contribution is 7.98. The average Bonchev–Trinajstić information content (AvgIpc) is 2.81. The van der Waals surface area contributed by atoms with E-state index in [0.29, 0.717) is 0 Å². The average molecular weight is 281 g/mol. The Morgan fingerprint density at radius 1 is 1.33 bits per heavy atom. The van der Waals surface area contributed by atoms with E-state index < -0.39 is 0 Å². The van der Waals surface area contributed by atoms with Gasteiger partial charge in [0, 0.05) is 24.2 Å². The molecule has 0 spiro atoms. The van der Waals surface area contributed by atoms with Crippen molar-refractivity contribution >= 4 is 34.7 Å². The van der Waals surface area contributed by atoms with Crippen molar-refractivity contribution in [1.82, 2.24) is 15.0 Å². The van der Waals surface area contributed by atoms with Gasteiger partial charge in [-0.1, -0.05) is 11.8 Å². The second-order valence-corrected chi connectivity index (χ2v) is 5.67. The predicted octanol–water partition coefficient (Wildman–Crippen LogP) is 2.62. The molecule has 18 heavy (non-hydrogen) atoms. The second-order valence-electron chi connectivity index (χ2n) is 3.57. The van der Waals surface area contributed by atoms with Crippen molar-refractivity contribution < 1.29 is 0 Å². The summed E-state index contributed by atoms with van der Waals surface area (Å²) < 4.78 is 0. The molecule has 96 valence electrons. The maximum atomic E-state index is 4.41. The van der Waals surface area contributed by atoms with Crippen molar-refractivity contribution in [3.8, 4) is 0 Å². The Hall–Kier alpha value is -1.34. The van der Waals surface area contributed by atoms with Crippen LogP contribution in [-0.2, 0) is 6.54 Å². The Balaban J connectivity index is 2.08. The summed E-state index contributed by atoms with van der Waals surface area (Å²) in [6.07, 6.45) is 3.85. The topological polar surface area (TPSA) is 62.7 Å². The minimum atomic E-state index is 0.736. The first kappa shape index (κ1) is 13.1. The second kappa shape index (κ2) is 6.01. The van der Waals surface area contributed by atoms with Crippen LogP contribution in [0.5, 0.6) is 0 Å². The summed E-state index contributed by atoms with van der Waals surface area (Å²) in [5.74, 6) is 1.64. The molecule has 5 nitrogen and oxygen atoms in total. The third-order valence-electron chi connectivity index (χ3n) is 2.26. The van der Waals surface area contributed by atoms with Gasteiger partial charge < -0.3 is 10.6 Å². The fourth-order valence-electron chi connectivity index (χ4n) is 1.40. The molecule has 0 atom stereocenters. The number of nitrogens with one attached hydrogen (secondary N) is 2. The fraction of sp³-hybridized carbons (Fsp3) is 0.364. The summed E-state index contributed by atoms with van der Waals surface area (Å²) in [5, 5.41) is 8.15. The zero-order valence-electron chi connectivity index (χ0n) is 10.5. The van der Waals surface area contributed by atoms with Crippen LogP contribution in [-0.4, -0.2) is 28.3 Å². The molecule has 2 rings (SSSR count). The van der Waals surface area contributed by atoms with Gasteiger partial charge in [0.25, 0.3) is 0 Å². The van der Waals surface area contributed by atoms with E-state index in [1.54, 1.807) is 11.3 Å². The minimum Gasteiger partial charge on any atom is -0.373 e. The quantitative estimate of drug-likeness (QED) is 0.649. The van der Waals surface area contributed by atoms with Crippen molar-refractivity contribution in [3.63, 3.8) is 0 Å². The van der Waals surface area contributed by atoms with Crippen LogP contribution >= 0.6 is 23.1 Å². The molecule has 0 aliphatic rings. The van der Waals surface area contributed by atoms with E-state index in [1.807, 2.05) is 32.5 Å². The molecule has 0 aromatic carbocycles. The summed E-state index contributed by atoms with van der Waals surface area (Å²) in [5.41, 5.74) is 0. The Kier molecular flexibility index (Phi) is 4.38. The smallest absolute Gasteiger partial charge is 0.191 e. The summed E-state index contributed by atoms with van der Waals surface area (Å²) in [6.45, 7) is 2.74. The van der Waals surface area contributed by atoms with Crippen molar-refractivity contribution in [2.24, 2.45) is 0 Å². The largest absolute Gasteiger partial charge is 0.373 e. The number of nitrogens with zero attached hydrogens (tertiary/aromatic N) is 3. The Labute approximate surface area is 114 Å². The number of hydrogen-bond acceptors (Lipinski definition) is 7. The molecule has 2 N–H and O–H groups in total. The van der Waals surface area contributed by atoms with Gasteiger partial charge in [0.05, 0.1) is 11.6 Å². The van der Waals surface area contributed by atoms with E-state index in [9.17, 15) is 0 Å². The lowest BCUT2D eigenvalue weighted by Crippen LogP contribution is -2.03. The standard InChI is InChI=1S/C11H15N5S2/c1-7-13-5-8(18-7)6-14-10-4-9(12-2)15-11(16-10)17-3/h4-5H,6H2,1-3H3,(H2,12,14,15,16). The molecule has 2 heterocycles. The van der Waals surface area contributed by atoms with Crippen LogP contribution in [0.1, 0.15) is 9.88 Å². The molecule has 0 bridgehead atoms. The Morgan fingerprint density at radius 3 is 2.72 bits per heavy atom. The third kappa shape index (κ3) is 3.33. The number of hydrogen-bond donors (Lipinski definition) is 2. The van der Waals surface area contributed by atoms with Crippen molar-refractivity contribution in [2.45, 2.75) is 18.6 Å². The van der Waals surface area contributed by atoms with Crippen LogP contribution in [0.4, 0.5) is 11.6 Å². The summed E-state index contributed by atoms with van der Waals surface area (Å²) >= 11 is 3.22. The lowest BCUT2D eigenvalue weighted by atomic mass is 10.5. The van der Waals surface area contributed by atoms with E-state index >= 15 is 0 Å². The number of thioether (sulfide) groups is 1. The maximum Gasteiger partial charge on any atom is 0.191 e. The first-order valence-electron chi connectivity index (χ1n) is 5.47. The van der Waals surface area contributed by atoms with Gasteiger partial charge in [-0.2, -0.15) is 0 Å². The van der Waals surface area contributed by atoms with E-state index in [1.165, 1.54) is 16.6 Å². The number of anilines is 2. The van der Waals surface area contributed by atoms with Gasteiger partial charge in [0.1, 0.15) is 11.6 Å². The van der Waals surface area contributed by atoms with Gasteiger partial charge in [-0.15, -0.1) is 11.3 Å². The Bertz CT molecular complexity index is 504. The molecule has 2 aromatic rings. The van der Waals surface area contributed by atoms with Crippen LogP contribution in [0.25, 0.3) is 0 Å². The highest BCUT2D eigenvalue weighted by Crippen LogP contribution is 2.18. The highest BCUT2D eigenvalue weighted by Gasteiger charge is 2.04. The lowest BCUT2D eigenvalue weighted by Gasteiger charge is -2.07. The number of thiazole rings is 1. The van der Waals surface area contributed by atoms with Gasteiger partial charge >= 0.3 is 0 Å². The Morgan fingerprint density at radius 2 is 2.11 bits per heavy atom. The van der Waals surface area contributed by atoms with Crippen LogP contribution in [0.2, 0.25) is 0 Å². The lowest BCUT2D eigenvalue weighted by molar-refractivity contribution is 0.960. The van der Waals surface area contributed by atoms with Crippen LogP contribution in [0.3, 0.4) is 0 Å². The molecule has 0 radical (unpaired) electrons. The molecule has 2 aromatic heterocycles. The fourth-order valence-corrected chi connectivity index (χ4v) is 2.51. The third-order valence-corrected chi connectivity index (χ3v) is 3.72. The molecule has 0 unspecified atom stereocenters. The molecule has 0 aliphatic heterocycles. The van der Waals surface area contributed by atoms with Gasteiger partial charge in [-0.25, -0.2) is 15.0 Å². The number of aryl methyl sites for hydroxylation is 1. The first-order valence-corrected chi connectivity index (χ1v) is 7.51. The van der Waals surface area contributed by atoms with Gasteiger partial charge in [0.2, 0.25) is 0 Å². The minimum absolute atomic E-state index is 0.736. The van der Waals surface area contributed by atoms with Crippen LogP contribution in [0, 0.1) is 6.92 Å². The predicted molar refractivity (Wildman–Crippen MR) is 77.5 cm³/mol. The molecule has 7 heteroatoms. The highest BCUT2D eigenvalue weighted by atomic mass is 32.2. The molecular weight excluding hydrogens is 266 g/mol. The SMILES string of the molecule is CNc1cc(NCc2cnc(C)s2)nc(SC)n1. The number of aromatic nitrogens is 3. The molecule has 0 fully saturated rings. The van der Waals surface area contributed by atoms with E-state index in [-0.39, 0.29) is 0 Å². The zero-order chi connectivity index (χ0) is 13.0. The van der Waals surface area contributed by atoms with Gasteiger partial charge in [-0.05, 0) is 13.2 Å². The van der Waals surface area contributed by atoms with E-state index in [4.69, 9.17) is 0 Å². The molecular formula is C11H15N5S2. The monoisotopic (exact) mass is 281 g/mol. The van der Waals surface area contributed by atoms with Crippen LogP contribution in [0.15, 0.2) is 17.4 Å². The molecule has 0 saturated carbocycles. The van der Waals surface area contributed by atoms with Crippen molar-refractivity contribution in [2.75, 3.05) is 23.9 Å². The van der Waals surface area contributed by atoms with Crippen LogP contribution < -0.4 is 10.6 Å². The van der Waals surface area contributed by atoms with E-state index in [0.717, 1.165) is 28.3 Å². The van der Waals surface area contributed by atoms with E-state index in [2.05, 4.69) is 25.6 Å². The summed E-state index contributed by atoms with van der Waals surface area (Å²) in [4.78, 5) is 14.1. The van der Waals surface area contributed by atoms with Gasteiger partial charge in [0.15, 0.2) is 5.16 Å². The summed E-state index contributed by atoms with van der Waals surface area (Å²) in [7, 11) is 1.85. The normalized spacial score (nSPS) is 10.4. The maximum absolute atomic E-state index is 4.41. The molecule has 0 amide bonds. The molecule has 0 saturated heterocycles. The van der Waals surface area contributed by atoms with Crippen molar-refractivity contribution in [3.05, 3.63) is 22.1 Å². The number of rotatable bonds is 5.